The molecule has 3 aromatic heterocycles. The first-order valence-corrected chi connectivity index (χ1v) is 8.43. The summed E-state index contributed by atoms with van der Waals surface area (Å²) in [6.07, 6.45) is -2.17. The van der Waals surface area contributed by atoms with E-state index in [-0.39, 0.29) is 16.7 Å². The average molecular weight is 421 g/mol. The van der Waals surface area contributed by atoms with Crippen LogP contribution in [-0.2, 0) is 6.18 Å². The van der Waals surface area contributed by atoms with Gasteiger partial charge in [0.25, 0.3) is 17.2 Å². The molecular formula is C18H14F3N5O4. The quantitative estimate of drug-likeness (QED) is 0.500. The Morgan fingerprint density at radius 2 is 1.70 bits per heavy atom. The second kappa shape index (κ2) is 6.90. The third-order valence-electron chi connectivity index (χ3n) is 4.42. The summed E-state index contributed by atoms with van der Waals surface area (Å²) in [6, 6.07) is 4.58. The van der Waals surface area contributed by atoms with E-state index in [2.05, 4.69) is 15.1 Å². The molecule has 0 amide bonds. The highest BCUT2D eigenvalue weighted by Crippen LogP contribution is 2.39. The number of rotatable bonds is 4. The molecule has 0 saturated carbocycles. The standard InChI is InChI=1S/C18H14F3N5O4/c1-28-12-6-9(7-13(29-2)14(12)30-3)25-5-4-11-10(15(25)27)8-22-17-23-16(18(19,20)21)24-26(11)17/h4-8H,1-3H3. The number of fused-ring (bicyclic) bond motifs is 3. The van der Waals surface area contributed by atoms with Gasteiger partial charge in [-0.3, -0.25) is 9.36 Å². The van der Waals surface area contributed by atoms with Crippen LogP contribution in [0.25, 0.3) is 22.4 Å². The topological polar surface area (TPSA) is 92.8 Å². The highest BCUT2D eigenvalue weighted by atomic mass is 19.4. The zero-order chi connectivity index (χ0) is 21.6. The minimum absolute atomic E-state index is 0.0531. The number of halogens is 3. The Morgan fingerprint density at radius 1 is 1.03 bits per heavy atom. The fraction of sp³-hybridized carbons (Fsp3) is 0.222. The van der Waals surface area contributed by atoms with Crippen molar-refractivity contribution in [3.05, 3.63) is 46.8 Å². The number of nitrogens with zero attached hydrogens (tertiary/aromatic N) is 5. The molecule has 0 aliphatic rings. The number of hydrogen-bond acceptors (Lipinski definition) is 7. The number of alkyl halides is 3. The monoisotopic (exact) mass is 421 g/mol. The van der Waals surface area contributed by atoms with E-state index in [0.717, 1.165) is 10.7 Å². The van der Waals surface area contributed by atoms with Crippen molar-refractivity contribution in [2.45, 2.75) is 6.18 Å². The molecule has 4 aromatic rings. The Balaban J connectivity index is 1.95. The van der Waals surface area contributed by atoms with E-state index in [1.165, 1.54) is 38.2 Å². The van der Waals surface area contributed by atoms with Crippen molar-refractivity contribution in [3.8, 4) is 22.9 Å². The number of aromatic nitrogens is 5. The molecule has 0 aliphatic carbocycles. The maximum absolute atomic E-state index is 13.1. The normalized spacial score (nSPS) is 11.8. The summed E-state index contributed by atoms with van der Waals surface area (Å²) < 4.78 is 56.8. The molecule has 0 unspecified atom stereocenters. The van der Waals surface area contributed by atoms with Gasteiger partial charge in [-0.05, 0) is 6.07 Å². The third-order valence-corrected chi connectivity index (χ3v) is 4.42. The molecule has 0 atom stereocenters. The van der Waals surface area contributed by atoms with Crippen molar-refractivity contribution >= 4 is 16.7 Å². The lowest BCUT2D eigenvalue weighted by molar-refractivity contribution is -0.144. The van der Waals surface area contributed by atoms with Gasteiger partial charge in [0.15, 0.2) is 11.5 Å². The number of ether oxygens (including phenoxy) is 3. The van der Waals surface area contributed by atoms with E-state index < -0.39 is 17.6 Å². The highest BCUT2D eigenvalue weighted by Gasteiger charge is 2.36. The highest BCUT2D eigenvalue weighted by molar-refractivity contribution is 5.79. The van der Waals surface area contributed by atoms with E-state index in [1.54, 1.807) is 12.1 Å². The fourth-order valence-electron chi connectivity index (χ4n) is 3.05. The first kappa shape index (κ1) is 19.5. The molecule has 12 heteroatoms. The Morgan fingerprint density at radius 3 is 2.27 bits per heavy atom. The molecule has 1 aromatic carbocycles. The van der Waals surface area contributed by atoms with Crippen molar-refractivity contribution < 1.29 is 27.4 Å². The number of methoxy groups -OCH3 is 3. The smallest absolute Gasteiger partial charge is 0.453 e. The predicted octanol–water partition coefficient (Wildman–Crippen LogP) is 2.47. The summed E-state index contributed by atoms with van der Waals surface area (Å²) in [5.74, 6) is -0.587. The SMILES string of the molecule is COc1cc(-n2ccc3c(cnc4nc(C(F)(F)F)nn43)c2=O)cc(OC)c1OC. The largest absolute Gasteiger partial charge is 0.493 e. The molecule has 0 N–H and O–H groups in total. The summed E-state index contributed by atoms with van der Waals surface area (Å²) in [5, 5.41) is 3.50. The molecule has 0 radical (unpaired) electrons. The second-order valence-electron chi connectivity index (χ2n) is 6.08. The second-order valence-corrected chi connectivity index (χ2v) is 6.08. The van der Waals surface area contributed by atoms with Gasteiger partial charge in [0.1, 0.15) is 0 Å². The number of hydrogen-bond donors (Lipinski definition) is 0. The minimum Gasteiger partial charge on any atom is -0.493 e. The van der Waals surface area contributed by atoms with E-state index in [9.17, 15) is 18.0 Å². The van der Waals surface area contributed by atoms with Gasteiger partial charge in [0, 0.05) is 24.5 Å². The summed E-state index contributed by atoms with van der Waals surface area (Å²) in [6.45, 7) is 0. The zero-order valence-corrected chi connectivity index (χ0v) is 15.9. The summed E-state index contributed by atoms with van der Waals surface area (Å²) in [7, 11) is 4.33. The van der Waals surface area contributed by atoms with Gasteiger partial charge < -0.3 is 14.2 Å². The molecular weight excluding hydrogens is 407 g/mol. The van der Waals surface area contributed by atoms with Crippen molar-refractivity contribution in [1.29, 1.82) is 0 Å². The van der Waals surface area contributed by atoms with Gasteiger partial charge in [-0.15, -0.1) is 5.10 Å². The van der Waals surface area contributed by atoms with Crippen molar-refractivity contribution in [3.63, 3.8) is 0 Å². The van der Waals surface area contributed by atoms with Crippen molar-refractivity contribution in [2.75, 3.05) is 21.3 Å². The average Bonchev–Trinajstić information content (AvgIpc) is 3.18. The molecule has 9 nitrogen and oxygen atoms in total. The number of pyridine rings is 1. The van der Waals surface area contributed by atoms with Gasteiger partial charge in [-0.2, -0.15) is 22.7 Å². The molecule has 0 fully saturated rings. The predicted molar refractivity (Wildman–Crippen MR) is 98.5 cm³/mol. The molecule has 30 heavy (non-hydrogen) atoms. The Hall–Kier alpha value is -3.83. The lowest BCUT2D eigenvalue weighted by atomic mass is 10.2. The first-order valence-electron chi connectivity index (χ1n) is 8.43. The first-order chi connectivity index (χ1) is 14.3. The van der Waals surface area contributed by atoms with Crippen molar-refractivity contribution in [2.24, 2.45) is 0 Å². The summed E-state index contributed by atoms with van der Waals surface area (Å²) in [4.78, 5) is 20.3. The van der Waals surface area contributed by atoms with Crippen LogP contribution in [0.1, 0.15) is 5.82 Å². The maximum Gasteiger partial charge on any atom is 0.453 e. The molecule has 0 spiro atoms. The van der Waals surface area contributed by atoms with Crippen LogP contribution in [0.15, 0.2) is 35.4 Å². The lowest BCUT2D eigenvalue weighted by Gasteiger charge is -2.15. The molecule has 3 heterocycles. The van der Waals surface area contributed by atoms with Gasteiger partial charge in [-0.1, -0.05) is 0 Å². The van der Waals surface area contributed by atoms with Crippen LogP contribution < -0.4 is 19.8 Å². The molecule has 4 rings (SSSR count). The molecule has 0 saturated heterocycles. The fourth-order valence-corrected chi connectivity index (χ4v) is 3.05. The zero-order valence-electron chi connectivity index (χ0n) is 15.9. The van der Waals surface area contributed by atoms with Gasteiger partial charge >= 0.3 is 6.18 Å². The minimum atomic E-state index is -4.73. The molecule has 156 valence electrons. The van der Waals surface area contributed by atoms with Crippen LogP contribution in [0.4, 0.5) is 13.2 Å². The van der Waals surface area contributed by atoms with E-state index >= 15 is 0 Å². The Labute approximate surface area is 166 Å². The van der Waals surface area contributed by atoms with Gasteiger partial charge in [-0.25, -0.2) is 4.98 Å². The van der Waals surface area contributed by atoms with Gasteiger partial charge in [0.05, 0.1) is 37.9 Å². The van der Waals surface area contributed by atoms with Crippen molar-refractivity contribution in [1.82, 2.24) is 24.1 Å². The van der Waals surface area contributed by atoms with Crippen LogP contribution in [0.3, 0.4) is 0 Å². The van der Waals surface area contributed by atoms with Crippen LogP contribution in [0.5, 0.6) is 17.2 Å². The molecule has 0 bridgehead atoms. The Kier molecular flexibility index (Phi) is 4.48. The van der Waals surface area contributed by atoms with Crippen LogP contribution in [0.2, 0.25) is 0 Å². The van der Waals surface area contributed by atoms with E-state index in [0.29, 0.717) is 22.9 Å². The van der Waals surface area contributed by atoms with E-state index in [4.69, 9.17) is 14.2 Å². The van der Waals surface area contributed by atoms with Crippen LogP contribution >= 0.6 is 0 Å². The summed E-state index contributed by atoms with van der Waals surface area (Å²) >= 11 is 0. The maximum atomic E-state index is 13.1. The third kappa shape index (κ3) is 2.96. The van der Waals surface area contributed by atoms with Crippen LogP contribution in [-0.4, -0.2) is 45.5 Å². The lowest BCUT2D eigenvalue weighted by Crippen LogP contribution is -2.19. The van der Waals surface area contributed by atoms with E-state index in [1.807, 2.05) is 0 Å². The van der Waals surface area contributed by atoms with Gasteiger partial charge in [0.2, 0.25) is 5.75 Å². The van der Waals surface area contributed by atoms with Crippen LogP contribution in [0, 0.1) is 0 Å². The molecule has 0 aliphatic heterocycles. The Bertz CT molecular complexity index is 1300. The summed E-state index contributed by atoms with van der Waals surface area (Å²) in [5.41, 5.74) is 0.00277. The number of benzene rings is 1.